The maximum Gasteiger partial charge on any atom is 0.253 e. The summed E-state index contributed by atoms with van der Waals surface area (Å²) in [6, 6.07) is -0.281. The summed E-state index contributed by atoms with van der Waals surface area (Å²) in [5, 5.41) is 0. The average Bonchev–Trinajstić information content (AvgIpc) is 2.90. The van der Waals surface area contributed by atoms with Crippen LogP contribution in [-0.4, -0.2) is 46.0 Å². The van der Waals surface area contributed by atoms with Crippen molar-refractivity contribution >= 4 is 23.6 Å². The van der Waals surface area contributed by atoms with Crippen molar-refractivity contribution in [2.75, 3.05) is 6.54 Å². The summed E-state index contributed by atoms with van der Waals surface area (Å²) in [5.74, 6) is -1.35. The Bertz CT molecular complexity index is 485. The Labute approximate surface area is 116 Å². The fourth-order valence-corrected chi connectivity index (χ4v) is 2.44. The van der Waals surface area contributed by atoms with E-state index in [0.717, 1.165) is 11.3 Å². The van der Waals surface area contributed by atoms with Crippen molar-refractivity contribution in [2.45, 2.75) is 32.2 Å². The van der Waals surface area contributed by atoms with Gasteiger partial charge in [-0.3, -0.25) is 29.0 Å². The minimum absolute atomic E-state index is 0.215. The van der Waals surface area contributed by atoms with Gasteiger partial charge >= 0.3 is 0 Å². The molecular weight excluding hydrogens is 260 g/mol. The van der Waals surface area contributed by atoms with Gasteiger partial charge in [0.25, 0.3) is 23.6 Å². The monoisotopic (exact) mass is 276 g/mol. The molecule has 2 aliphatic heterocycles. The number of rotatable bonds is 6. The lowest BCUT2D eigenvalue weighted by Crippen LogP contribution is -2.43. The molecule has 20 heavy (non-hydrogen) atoms. The van der Waals surface area contributed by atoms with Crippen molar-refractivity contribution in [3.8, 4) is 0 Å². The lowest BCUT2D eigenvalue weighted by molar-refractivity contribution is -0.139. The summed E-state index contributed by atoms with van der Waals surface area (Å²) in [6.45, 7) is 2.17. The maximum atomic E-state index is 11.7. The first-order valence-corrected chi connectivity index (χ1v) is 6.63. The number of amides is 4. The smallest absolute Gasteiger partial charge is 0.253 e. The lowest BCUT2D eigenvalue weighted by Gasteiger charge is -2.27. The largest absolute Gasteiger partial charge is 0.275 e. The highest BCUT2D eigenvalue weighted by Crippen LogP contribution is 2.18. The predicted octanol–water partition coefficient (Wildman–Crippen LogP) is 0.395. The molecule has 0 bridgehead atoms. The molecule has 0 spiro atoms. The summed E-state index contributed by atoms with van der Waals surface area (Å²) >= 11 is 0. The van der Waals surface area contributed by atoms with Crippen LogP contribution in [-0.2, 0) is 19.2 Å². The maximum absolute atomic E-state index is 11.7. The molecule has 1 unspecified atom stereocenters. The molecule has 0 fully saturated rings. The third kappa shape index (κ3) is 2.68. The Kier molecular flexibility index (Phi) is 4.12. The molecule has 0 saturated carbocycles. The third-order valence-electron chi connectivity index (χ3n) is 3.42. The van der Waals surface area contributed by atoms with E-state index < -0.39 is 0 Å². The van der Waals surface area contributed by atoms with Crippen molar-refractivity contribution < 1.29 is 19.2 Å². The van der Waals surface area contributed by atoms with Gasteiger partial charge < -0.3 is 0 Å². The van der Waals surface area contributed by atoms with Crippen LogP contribution in [0.2, 0.25) is 0 Å². The molecule has 0 aromatic carbocycles. The van der Waals surface area contributed by atoms with Crippen molar-refractivity contribution in [3.63, 3.8) is 0 Å². The van der Waals surface area contributed by atoms with Gasteiger partial charge in [-0.05, 0) is 12.8 Å². The van der Waals surface area contributed by atoms with Gasteiger partial charge in [-0.15, -0.1) is 0 Å². The van der Waals surface area contributed by atoms with E-state index in [-0.39, 0.29) is 36.2 Å². The summed E-state index contributed by atoms with van der Waals surface area (Å²) in [4.78, 5) is 48.6. The average molecular weight is 276 g/mol. The van der Waals surface area contributed by atoms with Crippen LogP contribution in [0.15, 0.2) is 24.3 Å². The third-order valence-corrected chi connectivity index (χ3v) is 3.42. The normalized spacial score (nSPS) is 19.6. The van der Waals surface area contributed by atoms with Crippen LogP contribution < -0.4 is 0 Å². The second kappa shape index (κ2) is 5.81. The second-order valence-corrected chi connectivity index (χ2v) is 4.77. The fraction of sp³-hybridized carbons (Fsp3) is 0.429. The molecule has 106 valence electrons. The molecule has 2 rings (SSSR count). The minimum Gasteiger partial charge on any atom is -0.275 e. The Balaban J connectivity index is 2.00. The van der Waals surface area contributed by atoms with Crippen LogP contribution in [0.3, 0.4) is 0 Å². The summed E-state index contributed by atoms with van der Waals surface area (Å²) in [6.07, 6.45) is 6.82. The number of hydrogen-bond acceptors (Lipinski definition) is 4. The summed E-state index contributed by atoms with van der Waals surface area (Å²) < 4.78 is 0. The van der Waals surface area contributed by atoms with Crippen LogP contribution in [0, 0.1) is 0 Å². The molecule has 0 aliphatic carbocycles. The van der Waals surface area contributed by atoms with Crippen molar-refractivity contribution in [1.29, 1.82) is 0 Å². The number of imide groups is 2. The molecule has 0 aromatic rings. The molecular formula is C14H16N2O4. The molecule has 0 N–H and O–H groups in total. The molecule has 0 radical (unpaired) electrons. The van der Waals surface area contributed by atoms with Crippen LogP contribution in [0.1, 0.15) is 26.2 Å². The summed E-state index contributed by atoms with van der Waals surface area (Å²) in [5.41, 5.74) is 0. The Morgan fingerprint density at radius 3 is 1.85 bits per heavy atom. The number of carbonyl (C=O) groups excluding carboxylic acids is 4. The van der Waals surface area contributed by atoms with E-state index in [1.165, 1.54) is 29.2 Å². The van der Waals surface area contributed by atoms with Gasteiger partial charge in [0.1, 0.15) is 0 Å². The standard InChI is InChI=1S/C14H16N2O4/c1-2-3-10(16-13(19)6-7-14(16)20)8-9-15-11(17)4-5-12(15)18/h4-7,10H,2-3,8-9H2,1H3. The Morgan fingerprint density at radius 1 is 0.850 bits per heavy atom. The van der Waals surface area contributed by atoms with E-state index in [1.807, 2.05) is 6.92 Å². The van der Waals surface area contributed by atoms with Gasteiger partial charge in [0.2, 0.25) is 0 Å². The van der Waals surface area contributed by atoms with E-state index in [4.69, 9.17) is 0 Å². The van der Waals surface area contributed by atoms with Crippen LogP contribution in [0.25, 0.3) is 0 Å². The molecule has 4 amide bonds. The predicted molar refractivity (Wildman–Crippen MR) is 70.2 cm³/mol. The Hall–Kier alpha value is -2.24. The van der Waals surface area contributed by atoms with Gasteiger partial charge in [-0.1, -0.05) is 13.3 Å². The molecule has 1 atom stereocenters. The highest BCUT2D eigenvalue weighted by molar-refractivity contribution is 6.13. The van der Waals surface area contributed by atoms with Crippen LogP contribution >= 0.6 is 0 Å². The van der Waals surface area contributed by atoms with Gasteiger partial charge in [0, 0.05) is 36.9 Å². The van der Waals surface area contributed by atoms with Crippen molar-refractivity contribution in [2.24, 2.45) is 0 Å². The summed E-state index contributed by atoms with van der Waals surface area (Å²) in [7, 11) is 0. The zero-order chi connectivity index (χ0) is 14.7. The van der Waals surface area contributed by atoms with Crippen molar-refractivity contribution in [3.05, 3.63) is 24.3 Å². The van der Waals surface area contributed by atoms with Crippen LogP contribution in [0.4, 0.5) is 0 Å². The molecule has 6 heteroatoms. The fourth-order valence-electron chi connectivity index (χ4n) is 2.44. The number of hydrogen-bond donors (Lipinski definition) is 0. The van der Waals surface area contributed by atoms with Crippen molar-refractivity contribution in [1.82, 2.24) is 9.80 Å². The van der Waals surface area contributed by atoms with Crippen LogP contribution in [0.5, 0.6) is 0 Å². The molecule has 6 nitrogen and oxygen atoms in total. The molecule has 2 aliphatic rings. The quantitative estimate of drug-likeness (QED) is 0.658. The van der Waals surface area contributed by atoms with E-state index in [9.17, 15) is 19.2 Å². The lowest BCUT2D eigenvalue weighted by atomic mass is 10.1. The first kappa shape index (κ1) is 14.2. The SMILES string of the molecule is CCCC(CCN1C(=O)C=CC1=O)N1C(=O)C=CC1=O. The molecule has 0 saturated heterocycles. The Morgan fingerprint density at radius 2 is 1.35 bits per heavy atom. The molecule has 0 aromatic heterocycles. The minimum atomic E-state index is -0.345. The van der Waals surface area contributed by atoms with E-state index >= 15 is 0 Å². The van der Waals surface area contributed by atoms with E-state index in [0.29, 0.717) is 12.8 Å². The second-order valence-electron chi connectivity index (χ2n) is 4.77. The molecule has 2 heterocycles. The zero-order valence-electron chi connectivity index (χ0n) is 11.2. The highest BCUT2D eigenvalue weighted by atomic mass is 16.2. The van der Waals surface area contributed by atoms with E-state index in [1.54, 1.807) is 0 Å². The van der Waals surface area contributed by atoms with Gasteiger partial charge in [0.05, 0.1) is 0 Å². The van der Waals surface area contributed by atoms with E-state index in [2.05, 4.69) is 0 Å². The number of carbonyl (C=O) groups is 4. The zero-order valence-corrected chi connectivity index (χ0v) is 11.2. The van der Waals surface area contributed by atoms with Gasteiger partial charge in [0.15, 0.2) is 0 Å². The highest BCUT2D eigenvalue weighted by Gasteiger charge is 2.32. The topological polar surface area (TPSA) is 74.8 Å². The first-order chi connectivity index (χ1) is 9.54. The number of nitrogens with zero attached hydrogens (tertiary/aromatic N) is 2. The van der Waals surface area contributed by atoms with Gasteiger partial charge in [-0.25, -0.2) is 0 Å². The van der Waals surface area contributed by atoms with Gasteiger partial charge in [-0.2, -0.15) is 0 Å². The first-order valence-electron chi connectivity index (χ1n) is 6.63.